The molecule has 0 aromatic rings. The largest absolute Gasteiger partial charge is 0.480 e. The zero-order chi connectivity index (χ0) is 14.2. The van der Waals surface area contributed by atoms with Gasteiger partial charge in [-0.2, -0.15) is 0 Å². The molecule has 1 aliphatic heterocycles. The topological polar surface area (TPSA) is 66.8 Å². The van der Waals surface area contributed by atoms with Gasteiger partial charge in [0, 0.05) is 6.04 Å². The lowest BCUT2D eigenvalue weighted by Gasteiger charge is -2.34. The predicted molar refractivity (Wildman–Crippen MR) is 69.9 cm³/mol. The van der Waals surface area contributed by atoms with Crippen LogP contribution in [0.25, 0.3) is 0 Å². The summed E-state index contributed by atoms with van der Waals surface area (Å²) in [4.78, 5) is 25.1. The number of ether oxygens (including phenoxy) is 1. The van der Waals surface area contributed by atoms with Crippen LogP contribution in [0.3, 0.4) is 0 Å². The molecule has 1 saturated heterocycles. The van der Waals surface area contributed by atoms with Crippen molar-refractivity contribution in [2.24, 2.45) is 5.92 Å². The Labute approximate surface area is 113 Å². The van der Waals surface area contributed by atoms with E-state index in [1.165, 1.54) is 4.90 Å². The zero-order valence-electron chi connectivity index (χ0n) is 11.9. The molecule has 2 unspecified atom stereocenters. The van der Waals surface area contributed by atoms with Crippen molar-refractivity contribution in [1.82, 2.24) is 4.90 Å². The third-order valence-corrected chi connectivity index (χ3v) is 3.98. The van der Waals surface area contributed by atoms with Gasteiger partial charge in [-0.3, -0.25) is 4.90 Å². The monoisotopic (exact) mass is 269 g/mol. The van der Waals surface area contributed by atoms with Gasteiger partial charge >= 0.3 is 12.1 Å². The summed E-state index contributed by atoms with van der Waals surface area (Å²) in [6.45, 7) is 5.40. The molecule has 0 radical (unpaired) electrons. The molecule has 0 bridgehead atoms. The third-order valence-electron chi connectivity index (χ3n) is 3.98. The molecule has 2 aliphatic rings. The van der Waals surface area contributed by atoms with Gasteiger partial charge in [-0.25, -0.2) is 9.59 Å². The van der Waals surface area contributed by atoms with E-state index in [4.69, 9.17) is 4.74 Å². The minimum atomic E-state index is -0.916. The van der Waals surface area contributed by atoms with Gasteiger partial charge in [0.2, 0.25) is 0 Å². The van der Waals surface area contributed by atoms with E-state index < -0.39 is 23.7 Å². The lowest BCUT2D eigenvalue weighted by atomic mass is 9.85. The van der Waals surface area contributed by atoms with Crippen molar-refractivity contribution in [3.05, 3.63) is 0 Å². The van der Waals surface area contributed by atoms with Crippen LogP contribution < -0.4 is 0 Å². The van der Waals surface area contributed by atoms with Gasteiger partial charge < -0.3 is 9.84 Å². The molecule has 0 spiro atoms. The SMILES string of the molecule is CC(C)(C)OC(=O)N1C(C(=O)O)CC2CCCC[C@H]21. The molecule has 2 fully saturated rings. The van der Waals surface area contributed by atoms with E-state index in [2.05, 4.69) is 0 Å². The first-order valence-electron chi connectivity index (χ1n) is 7.04. The molecule has 108 valence electrons. The van der Waals surface area contributed by atoms with Gasteiger partial charge in [0.15, 0.2) is 0 Å². The molecule has 1 N–H and O–H groups in total. The van der Waals surface area contributed by atoms with Crippen LogP contribution >= 0.6 is 0 Å². The molecule has 19 heavy (non-hydrogen) atoms. The van der Waals surface area contributed by atoms with Gasteiger partial charge in [-0.15, -0.1) is 0 Å². The number of aliphatic carboxylic acids is 1. The molecule has 3 atom stereocenters. The Morgan fingerprint density at radius 3 is 2.42 bits per heavy atom. The standard InChI is InChI=1S/C14H23NO4/c1-14(2,3)19-13(18)15-10-7-5-4-6-9(10)8-11(15)12(16)17/h9-11H,4-8H2,1-3H3,(H,16,17)/t9?,10-,11?/m1/s1. The molecule has 1 saturated carbocycles. The number of rotatable bonds is 1. The van der Waals surface area contributed by atoms with Crippen molar-refractivity contribution in [3.8, 4) is 0 Å². The van der Waals surface area contributed by atoms with Crippen LogP contribution in [0.1, 0.15) is 52.9 Å². The van der Waals surface area contributed by atoms with Crippen LogP contribution in [0.5, 0.6) is 0 Å². The Morgan fingerprint density at radius 1 is 1.21 bits per heavy atom. The summed E-state index contributed by atoms with van der Waals surface area (Å²) in [7, 11) is 0. The van der Waals surface area contributed by atoms with Crippen molar-refractivity contribution >= 4 is 12.1 Å². The first-order chi connectivity index (χ1) is 8.79. The fraction of sp³-hybridized carbons (Fsp3) is 0.857. The number of carbonyl (C=O) groups is 2. The van der Waals surface area contributed by atoms with E-state index in [0.717, 1.165) is 25.7 Å². The lowest BCUT2D eigenvalue weighted by Crippen LogP contribution is -2.48. The summed E-state index contributed by atoms with van der Waals surface area (Å²) >= 11 is 0. The molecule has 1 amide bonds. The highest BCUT2D eigenvalue weighted by atomic mass is 16.6. The summed E-state index contributed by atoms with van der Waals surface area (Å²) in [5, 5.41) is 9.33. The molecule has 1 heterocycles. The second kappa shape index (κ2) is 5.02. The lowest BCUT2D eigenvalue weighted by molar-refractivity contribution is -0.142. The van der Waals surface area contributed by atoms with Gasteiger partial charge in [0.25, 0.3) is 0 Å². The van der Waals surface area contributed by atoms with Crippen LogP contribution in [0, 0.1) is 5.92 Å². The van der Waals surface area contributed by atoms with E-state index in [1.54, 1.807) is 20.8 Å². The van der Waals surface area contributed by atoms with Gasteiger partial charge in [-0.1, -0.05) is 12.8 Å². The molecule has 0 aromatic heterocycles. The van der Waals surface area contributed by atoms with E-state index in [-0.39, 0.29) is 6.04 Å². The number of hydrogen-bond acceptors (Lipinski definition) is 3. The van der Waals surface area contributed by atoms with Crippen LogP contribution in [0.4, 0.5) is 4.79 Å². The predicted octanol–water partition coefficient (Wildman–Crippen LogP) is 2.64. The van der Waals surface area contributed by atoms with Crippen LogP contribution in [-0.4, -0.2) is 39.8 Å². The Kier molecular flexibility index (Phi) is 3.74. The number of fused-ring (bicyclic) bond motifs is 1. The highest BCUT2D eigenvalue weighted by molar-refractivity contribution is 5.81. The smallest absolute Gasteiger partial charge is 0.411 e. The molecular weight excluding hydrogens is 246 g/mol. The third kappa shape index (κ3) is 3.01. The van der Waals surface area contributed by atoms with Crippen LogP contribution in [0.2, 0.25) is 0 Å². The zero-order valence-corrected chi connectivity index (χ0v) is 11.9. The summed E-state index contributed by atoms with van der Waals surface area (Å²) in [5.74, 6) is -0.595. The van der Waals surface area contributed by atoms with Crippen molar-refractivity contribution in [2.75, 3.05) is 0 Å². The average molecular weight is 269 g/mol. The van der Waals surface area contributed by atoms with Crippen molar-refractivity contribution in [2.45, 2.75) is 70.6 Å². The Morgan fingerprint density at radius 2 is 1.84 bits per heavy atom. The molecule has 1 aliphatic carbocycles. The highest BCUT2D eigenvalue weighted by Gasteiger charge is 2.48. The number of likely N-dealkylation sites (tertiary alicyclic amines) is 1. The van der Waals surface area contributed by atoms with Gasteiger partial charge in [0.05, 0.1) is 0 Å². The van der Waals surface area contributed by atoms with E-state index in [9.17, 15) is 14.7 Å². The molecule has 5 heteroatoms. The number of nitrogens with zero attached hydrogens (tertiary/aromatic N) is 1. The molecular formula is C14H23NO4. The van der Waals surface area contributed by atoms with Crippen LogP contribution in [0.15, 0.2) is 0 Å². The summed E-state index contributed by atoms with van der Waals surface area (Å²) in [6, 6.07) is -0.673. The second-order valence-corrected chi connectivity index (χ2v) is 6.59. The number of amides is 1. The Balaban J connectivity index is 2.17. The van der Waals surface area contributed by atoms with Gasteiger partial charge in [0.1, 0.15) is 11.6 Å². The quantitative estimate of drug-likeness (QED) is 0.794. The minimum absolute atomic E-state index is 0.0460. The van der Waals surface area contributed by atoms with E-state index in [0.29, 0.717) is 12.3 Å². The average Bonchev–Trinajstić information content (AvgIpc) is 2.65. The van der Waals surface area contributed by atoms with Crippen molar-refractivity contribution in [1.29, 1.82) is 0 Å². The van der Waals surface area contributed by atoms with E-state index in [1.807, 2.05) is 0 Å². The number of hydrogen-bond donors (Lipinski definition) is 1. The molecule has 0 aromatic carbocycles. The van der Waals surface area contributed by atoms with Crippen molar-refractivity contribution in [3.63, 3.8) is 0 Å². The maximum atomic E-state index is 12.3. The number of carbonyl (C=O) groups excluding carboxylic acids is 1. The number of carboxylic acid groups (broad SMARTS) is 1. The maximum Gasteiger partial charge on any atom is 0.411 e. The maximum absolute atomic E-state index is 12.3. The van der Waals surface area contributed by atoms with Crippen molar-refractivity contribution < 1.29 is 19.4 Å². The molecule has 5 nitrogen and oxygen atoms in total. The summed E-state index contributed by atoms with van der Waals surface area (Å²) in [5.41, 5.74) is -0.590. The summed E-state index contributed by atoms with van der Waals surface area (Å²) in [6.07, 6.45) is 4.21. The first-order valence-corrected chi connectivity index (χ1v) is 7.04. The highest BCUT2D eigenvalue weighted by Crippen LogP contribution is 2.40. The Bertz CT molecular complexity index is 374. The normalized spacial score (nSPS) is 30.9. The first kappa shape index (κ1) is 14.2. The summed E-state index contributed by atoms with van der Waals surface area (Å²) < 4.78 is 5.37. The number of carboxylic acids is 1. The van der Waals surface area contributed by atoms with E-state index >= 15 is 0 Å². The fourth-order valence-electron chi connectivity index (χ4n) is 3.26. The fourth-order valence-corrected chi connectivity index (χ4v) is 3.26. The van der Waals surface area contributed by atoms with Gasteiger partial charge in [-0.05, 0) is 46.0 Å². The second-order valence-electron chi connectivity index (χ2n) is 6.59. The minimum Gasteiger partial charge on any atom is -0.480 e. The molecule has 2 rings (SSSR count). The van der Waals surface area contributed by atoms with Crippen LogP contribution in [-0.2, 0) is 9.53 Å². The Hall–Kier alpha value is -1.26.